The molecular formula is C11H14Cl2N2S. The second-order valence-electron chi connectivity index (χ2n) is 3.67. The molecule has 0 aliphatic carbocycles. The molecule has 2 nitrogen and oxygen atoms in total. The van der Waals surface area contributed by atoms with E-state index in [4.69, 9.17) is 0 Å². The van der Waals surface area contributed by atoms with Crippen molar-refractivity contribution in [1.82, 2.24) is 10.3 Å². The summed E-state index contributed by atoms with van der Waals surface area (Å²) in [6.07, 6.45) is 2.51. The van der Waals surface area contributed by atoms with E-state index in [1.54, 1.807) is 0 Å². The highest BCUT2D eigenvalue weighted by molar-refractivity contribution is 7.18. The number of nitrogens with one attached hydrogen (secondary N) is 1. The molecule has 0 unspecified atom stereocenters. The first-order valence-corrected chi connectivity index (χ1v) is 5.84. The van der Waals surface area contributed by atoms with Gasteiger partial charge in [-0.2, -0.15) is 0 Å². The van der Waals surface area contributed by atoms with Crippen molar-refractivity contribution in [2.45, 2.75) is 18.9 Å². The summed E-state index contributed by atoms with van der Waals surface area (Å²) in [5.74, 6) is 0. The van der Waals surface area contributed by atoms with Crippen molar-refractivity contribution in [3.05, 3.63) is 29.3 Å². The summed E-state index contributed by atoms with van der Waals surface area (Å²) >= 11 is 1.82. The molecule has 0 radical (unpaired) electrons. The molecule has 1 aliphatic rings. The van der Waals surface area contributed by atoms with Crippen molar-refractivity contribution in [3.63, 3.8) is 0 Å². The minimum absolute atomic E-state index is 0. The Morgan fingerprint density at radius 2 is 2.06 bits per heavy atom. The fourth-order valence-electron chi connectivity index (χ4n) is 1.93. The summed E-state index contributed by atoms with van der Waals surface area (Å²) in [6, 6.07) is 8.86. The van der Waals surface area contributed by atoms with Gasteiger partial charge in [0.25, 0.3) is 0 Å². The van der Waals surface area contributed by atoms with Gasteiger partial charge in [-0.3, -0.25) is 0 Å². The number of hydrogen-bond acceptors (Lipinski definition) is 3. The molecule has 1 fully saturated rings. The summed E-state index contributed by atoms with van der Waals surface area (Å²) in [5, 5.41) is 4.74. The summed E-state index contributed by atoms with van der Waals surface area (Å²) in [7, 11) is 0. The second-order valence-corrected chi connectivity index (χ2v) is 4.73. The van der Waals surface area contributed by atoms with Gasteiger partial charge >= 0.3 is 0 Å². The average Bonchev–Trinajstić information content (AvgIpc) is 2.86. The standard InChI is InChI=1S/C11H12N2S.2ClH/c1-2-6-10-8(4-1)13-11(14-10)9-5-3-7-12-9;;/h1-2,4,6,9,12H,3,5,7H2;2*1H/t9-;;/m1../s1. The highest BCUT2D eigenvalue weighted by Crippen LogP contribution is 2.30. The van der Waals surface area contributed by atoms with Gasteiger partial charge in [-0.05, 0) is 31.5 Å². The number of fused-ring (bicyclic) bond motifs is 1. The number of hydrogen-bond donors (Lipinski definition) is 1. The molecule has 2 aromatic rings. The Balaban J connectivity index is 0.000000640. The maximum absolute atomic E-state index is 4.65. The Morgan fingerprint density at radius 3 is 2.75 bits per heavy atom. The summed E-state index contributed by atoms with van der Waals surface area (Å²) < 4.78 is 1.30. The molecular weight excluding hydrogens is 263 g/mol. The molecule has 5 heteroatoms. The Kier molecular flexibility index (Phi) is 4.99. The molecule has 1 aliphatic heterocycles. The van der Waals surface area contributed by atoms with Crippen LogP contribution in [-0.2, 0) is 0 Å². The molecule has 0 saturated carbocycles. The third-order valence-corrected chi connectivity index (χ3v) is 3.82. The number of halogens is 2. The molecule has 0 amide bonds. The monoisotopic (exact) mass is 276 g/mol. The molecule has 1 saturated heterocycles. The van der Waals surface area contributed by atoms with Gasteiger partial charge in [-0.1, -0.05) is 12.1 Å². The van der Waals surface area contributed by atoms with Crippen molar-refractivity contribution >= 4 is 46.4 Å². The van der Waals surface area contributed by atoms with Crippen LogP contribution < -0.4 is 5.32 Å². The first-order chi connectivity index (χ1) is 6.93. The van der Waals surface area contributed by atoms with Crippen molar-refractivity contribution in [2.24, 2.45) is 0 Å². The van der Waals surface area contributed by atoms with E-state index in [-0.39, 0.29) is 24.8 Å². The number of para-hydroxylation sites is 1. The van der Waals surface area contributed by atoms with Gasteiger partial charge in [0.15, 0.2) is 0 Å². The molecule has 1 aromatic carbocycles. The summed E-state index contributed by atoms with van der Waals surface area (Å²) in [5.41, 5.74) is 1.14. The first kappa shape index (κ1) is 13.7. The Morgan fingerprint density at radius 1 is 1.25 bits per heavy atom. The molecule has 2 heterocycles. The lowest BCUT2D eigenvalue weighted by molar-refractivity contribution is 0.644. The van der Waals surface area contributed by atoms with E-state index in [1.807, 2.05) is 17.4 Å². The third-order valence-electron chi connectivity index (χ3n) is 2.67. The van der Waals surface area contributed by atoms with E-state index in [9.17, 15) is 0 Å². The first-order valence-electron chi connectivity index (χ1n) is 5.02. The van der Waals surface area contributed by atoms with Crippen LogP contribution in [0.3, 0.4) is 0 Å². The van der Waals surface area contributed by atoms with Gasteiger partial charge in [0.2, 0.25) is 0 Å². The van der Waals surface area contributed by atoms with Crippen LogP contribution in [0.25, 0.3) is 10.2 Å². The van der Waals surface area contributed by atoms with Crippen LogP contribution in [0.1, 0.15) is 23.9 Å². The van der Waals surface area contributed by atoms with Crippen LogP contribution in [0.2, 0.25) is 0 Å². The predicted molar refractivity (Wildman–Crippen MR) is 74.1 cm³/mol. The van der Waals surface area contributed by atoms with Crippen molar-refractivity contribution in [2.75, 3.05) is 6.54 Å². The molecule has 0 spiro atoms. The van der Waals surface area contributed by atoms with Crippen molar-refractivity contribution in [1.29, 1.82) is 0 Å². The van der Waals surface area contributed by atoms with E-state index in [1.165, 1.54) is 22.5 Å². The van der Waals surface area contributed by atoms with Crippen molar-refractivity contribution < 1.29 is 0 Å². The zero-order chi connectivity index (χ0) is 9.38. The van der Waals surface area contributed by atoms with E-state index in [2.05, 4.69) is 28.5 Å². The molecule has 1 N–H and O–H groups in total. The van der Waals surface area contributed by atoms with Gasteiger partial charge in [0.05, 0.1) is 16.3 Å². The third kappa shape index (κ3) is 2.48. The Labute approximate surface area is 111 Å². The van der Waals surface area contributed by atoms with Crippen LogP contribution >= 0.6 is 36.2 Å². The lowest BCUT2D eigenvalue weighted by Gasteiger charge is -2.03. The zero-order valence-electron chi connectivity index (χ0n) is 8.68. The largest absolute Gasteiger partial charge is 0.308 e. The number of thiazole rings is 1. The second kappa shape index (κ2) is 5.82. The number of benzene rings is 1. The van der Waals surface area contributed by atoms with E-state index >= 15 is 0 Å². The Bertz CT molecular complexity index is 419. The molecule has 3 rings (SSSR count). The predicted octanol–water partition coefficient (Wildman–Crippen LogP) is 3.56. The van der Waals surface area contributed by atoms with E-state index < -0.39 is 0 Å². The van der Waals surface area contributed by atoms with Gasteiger partial charge in [-0.15, -0.1) is 36.2 Å². The molecule has 1 aromatic heterocycles. The van der Waals surface area contributed by atoms with Gasteiger partial charge < -0.3 is 5.32 Å². The quantitative estimate of drug-likeness (QED) is 0.862. The lowest BCUT2D eigenvalue weighted by atomic mass is 10.2. The van der Waals surface area contributed by atoms with Crippen LogP contribution in [0, 0.1) is 0 Å². The number of aromatic nitrogens is 1. The summed E-state index contributed by atoms with van der Waals surface area (Å²) in [4.78, 5) is 4.65. The molecule has 16 heavy (non-hydrogen) atoms. The lowest BCUT2D eigenvalue weighted by Crippen LogP contribution is -2.12. The Hall–Kier alpha value is -0.350. The van der Waals surface area contributed by atoms with E-state index in [0.717, 1.165) is 12.1 Å². The molecule has 0 bridgehead atoms. The SMILES string of the molecule is Cl.Cl.c1ccc2sc([C@H]3CCCN3)nc2c1. The number of nitrogens with zero attached hydrogens (tertiary/aromatic N) is 1. The molecule has 1 atom stereocenters. The average molecular weight is 277 g/mol. The van der Waals surface area contributed by atoms with E-state index in [0.29, 0.717) is 6.04 Å². The van der Waals surface area contributed by atoms with Crippen LogP contribution in [0.15, 0.2) is 24.3 Å². The van der Waals surface area contributed by atoms with Crippen LogP contribution in [-0.4, -0.2) is 11.5 Å². The smallest absolute Gasteiger partial charge is 0.111 e. The maximum Gasteiger partial charge on any atom is 0.111 e. The van der Waals surface area contributed by atoms with Crippen LogP contribution in [0.5, 0.6) is 0 Å². The maximum atomic E-state index is 4.65. The fourth-order valence-corrected chi connectivity index (χ4v) is 3.01. The topological polar surface area (TPSA) is 24.9 Å². The highest BCUT2D eigenvalue weighted by atomic mass is 35.5. The van der Waals surface area contributed by atoms with Gasteiger partial charge in [-0.25, -0.2) is 4.98 Å². The molecule has 88 valence electrons. The number of rotatable bonds is 1. The van der Waals surface area contributed by atoms with Gasteiger partial charge in [0, 0.05) is 0 Å². The van der Waals surface area contributed by atoms with Crippen LogP contribution in [0.4, 0.5) is 0 Å². The highest BCUT2D eigenvalue weighted by Gasteiger charge is 2.19. The summed E-state index contributed by atoms with van der Waals surface area (Å²) in [6.45, 7) is 1.14. The van der Waals surface area contributed by atoms with Crippen molar-refractivity contribution in [3.8, 4) is 0 Å². The fraction of sp³-hybridized carbons (Fsp3) is 0.364. The minimum atomic E-state index is 0. The van der Waals surface area contributed by atoms with Gasteiger partial charge in [0.1, 0.15) is 5.01 Å². The normalized spacial score (nSPS) is 19.1. The zero-order valence-corrected chi connectivity index (χ0v) is 11.1. The minimum Gasteiger partial charge on any atom is -0.308 e.